The smallest absolute Gasteiger partial charge is 0.238 e. The summed E-state index contributed by atoms with van der Waals surface area (Å²) in [5.74, 6) is 1.02. The molecule has 2 heterocycles. The maximum Gasteiger partial charge on any atom is 0.238 e. The Morgan fingerprint density at radius 1 is 1.17 bits per heavy atom. The average molecular weight is 332 g/mol. The third-order valence-electron chi connectivity index (χ3n) is 3.90. The highest BCUT2D eigenvalue weighted by atomic mass is 32.2. The molecule has 0 bridgehead atoms. The molecule has 0 spiro atoms. The molecule has 1 saturated heterocycles. The first kappa shape index (κ1) is 15.8. The Bertz CT molecular complexity index is 769. The molecular weight excluding hydrogens is 312 g/mol. The van der Waals surface area contributed by atoms with Crippen molar-refractivity contribution < 1.29 is 8.42 Å². The minimum atomic E-state index is -3.68. The fraction of sp³-hybridized carbons (Fsp3) is 0.312. The third kappa shape index (κ3) is 4.00. The van der Waals surface area contributed by atoms with E-state index in [-0.39, 0.29) is 4.90 Å². The first-order chi connectivity index (χ1) is 11.0. The molecule has 0 aliphatic carbocycles. The van der Waals surface area contributed by atoms with E-state index in [9.17, 15) is 8.42 Å². The number of rotatable bonds is 5. The number of sulfonamides is 1. The standard InChI is InChI=1S/C16H20N4O2S/c17-23(21,22)15-5-3-4-14(10-15)18-11-13-6-7-16(19-12-13)20-8-1-2-9-20/h3-7,10,12,18H,1-2,8-9,11H2,(H2,17,21,22). The van der Waals surface area contributed by atoms with E-state index in [1.165, 1.54) is 25.0 Å². The van der Waals surface area contributed by atoms with Gasteiger partial charge in [0.2, 0.25) is 10.0 Å². The van der Waals surface area contributed by atoms with Crippen LogP contribution in [0.25, 0.3) is 0 Å². The number of nitrogens with zero attached hydrogens (tertiary/aromatic N) is 2. The highest BCUT2D eigenvalue weighted by Gasteiger charge is 2.13. The van der Waals surface area contributed by atoms with Crippen LogP contribution in [0.5, 0.6) is 0 Å². The monoisotopic (exact) mass is 332 g/mol. The number of benzene rings is 1. The van der Waals surface area contributed by atoms with E-state index in [0.717, 1.165) is 24.5 Å². The van der Waals surface area contributed by atoms with Crippen molar-refractivity contribution in [3.8, 4) is 0 Å². The molecule has 0 unspecified atom stereocenters. The summed E-state index contributed by atoms with van der Waals surface area (Å²) < 4.78 is 22.7. The van der Waals surface area contributed by atoms with Crippen LogP contribution < -0.4 is 15.4 Å². The number of nitrogens with two attached hydrogens (primary N) is 1. The lowest BCUT2D eigenvalue weighted by Gasteiger charge is -2.16. The van der Waals surface area contributed by atoms with Gasteiger partial charge in [0.05, 0.1) is 4.90 Å². The summed E-state index contributed by atoms with van der Waals surface area (Å²) in [5.41, 5.74) is 1.74. The van der Waals surface area contributed by atoms with Gasteiger partial charge in [0, 0.05) is 31.5 Å². The highest BCUT2D eigenvalue weighted by Crippen LogP contribution is 2.19. The normalized spacial score (nSPS) is 14.9. The Balaban J connectivity index is 1.64. The van der Waals surface area contributed by atoms with Crippen LogP contribution in [0.3, 0.4) is 0 Å². The predicted octanol–water partition coefficient (Wildman–Crippen LogP) is 1.94. The summed E-state index contributed by atoms with van der Waals surface area (Å²) in [6, 6.07) is 10.5. The van der Waals surface area contributed by atoms with Crippen molar-refractivity contribution in [2.75, 3.05) is 23.3 Å². The fourth-order valence-electron chi connectivity index (χ4n) is 2.64. The molecule has 1 fully saturated rings. The zero-order valence-electron chi connectivity index (χ0n) is 12.8. The largest absolute Gasteiger partial charge is 0.381 e. The maximum absolute atomic E-state index is 11.4. The summed E-state index contributed by atoms with van der Waals surface area (Å²) in [5, 5.41) is 8.33. The molecule has 3 rings (SSSR count). The summed E-state index contributed by atoms with van der Waals surface area (Å²) >= 11 is 0. The molecule has 1 aliphatic heterocycles. The van der Waals surface area contributed by atoms with Crippen LogP contribution in [0.1, 0.15) is 18.4 Å². The Morgan fingerprint density at radius 2 is 1.96 bits per heavy atom. The molecule has 0 atom stereocenters. The van der Waals surface area contributed by atoms with Gasteiger partial charge in [-0.05, 0) is 42.7 Å². The first-order valence-electron chi connectivity index (χ1n) is 7.59. The van der Waals surface area contributed by atoms with Gasteiger partial charge in [-0.3, -0.25) is 0 Å². The first-order valence-corrected chi connectivity index (χ1v) is 9.14. The lowest BCUT2D eigenvalue weighted by Crippen LogP contribution is -2.18. The van der Waals surface area contributed by atoms with Crippen LogP contribution in [-0.2, 0) is 16.6 Å². The molecule has 1 aromatic heterocycles. The van der Waals surface area contributed by atoms with Gasteiger partial charge in [-0.15, -0.1) is 0 Å². The van der Waals surface area contributed by atoms with Crippen molar-refractivity contribution in [3.63, 3.8) is 0 Å². The van der Waals surface area contributed by atoms with Crippen LogP contribution in [-0.4, -0.2) is 26.5 Å². The molecule has 23 heavy (non-hydrogen) atoms. The quantitative estimate of drug-likeness (QED) is 0.873. The molecule has 6 nitrogen and oxygen atoms in total. The molecule has 1 aromatic carbocycles. The number of nitrogens with one attached hydrogen (secondary N) is 1. The van der Waals surface area contributed by atoms with Gasteiger partial charge in [-0.2, -0.15) is 0 Å². The van der Waals surface area contributed by atoms with Crippen LogP contribution in [0.4, 0.5) is 11.5 Å². The van der Waals surface area contributed by atoms with E-state index in [1.54, 1.807) is 12.1 Å². The molecule has 0 saturated carbocycles. The van der Waals surface area contributed by atoms with Crippen LogP contribution in [0.15, 0.2) is 47.5 Å². The zero-order chi connectivity index (χ0) is 16.3. The highest BCUT2D eigenvalue weighted by molar-refractivity contribution is 7.89. The van der Waals surface area contributed by atoms with Crippen molar-refractivity contribution >= 4 is 21.5 Å². The molecule has 0 amide bonds. The van der Waals surface area contributed by atoms with Gasteiger partial charge in [0.25, 0.3) is 0 Å². The van der Waals surface area contributed by atoms with Crippen molar-refractivity contribution in [2.24, 2.45) is 5.14 Å². The van der Waals surface area contributed by atoms with Crippen molar-refractivity contribution in [1.29, 1.82) is 0 Å². The topological polar surface area (TPSA) is 88.3 Å². The second kappa shape index (κ2) is 6.55. The van der Waals surface area contributed by atoms with E-state index in [4.69, 9.17) is 5.14 Å². The number of hydrogen-bond donors (Lipinski definition) is 2. The number of hydrogen-bond acceptors (Lipinski definition) is 5. The van der Waals surface area contributed by atoms with Gasteiger partial charge in [-0.1, -0.05) is 12.1 Å². The van der Waals surface area contributed by atoms with E-state index < -0.39 is 10.0 Å². The fourth-order valence-corrected chi connectivity index (χ4v) is 3.20. The SMILES string of the molecule is NS(=O)(=O)c1cccc(NCc2ccc(N3CCCC3)nc2)c1. The van der Waals surface area contributed by atoms with Gasteiger partial charge in [0.1, 0.15) is 5.82 Å². The molecule has 0 radical (unpaired) electrons. The maximum atomic E-state index is 11.4. The Kier molecular flexibility index (Phi) is 4.49. The van der Waals surface area contributed by atoms with Crippen LogP contribution in [0.2, 0.25) is 0 Å². The van der Waals surface area contributed by atoms with Gasteiger partial charge in [-0.25, -0.2) is 18.5 Å². The molecule has 3 N–H and O–H groups in total. The lowest BCUT2D eigenvalue weighted by molar-refractivity contribution is 0.598. The summed E-state index contributed by atoms with van der Waals surface area (Å²) in [6.45, 7) is 2.72. The summed E-state index contributed by atoms with van der Waals surface area (Å²) in [6.07, 6.45) is 4.31. The molecule has 122 valence electrons. The van der Waals surface area contributed by atoms with Crippen LogP contribution >= 0.6 is 0 Å². The van der Waals surface area contributed by atoms with Gasteiger partial charge < -0.3 is 10.2 Å². The van der Waals surface area contributed by atoms with E-state index >= 15 is 0 Å². The van der Waals surface area contributed by atoms with Gasteiger partial charge >= 0.3 is 0 Å². The minimum absolute atomic E-state index is 0.102. The minimum Gasteiger partial charge on any atom is -0.381 e. The molecule has 7 heteroatoms. The summed E-state index contributed by atoms with van der Waals surface area (Å²) in [4.78, 5) is 6.89. The van der Waals surface area contributed by atoms with E-state index in [1.807, 2.05) is 18.3 Å². The summed E-state index contributed by atoms with van der Waals surface area (Å²) in [7, 11) is -3.68. The molecular formula is C16H20N4O2S. The lowest BCUT2D eigenvalue weighted by atomic mass is 10.2. The second-order valence-electron chi connectivity index (χ2n) is 5.65. The second-order valence-corrected chi connectivity index (χ2v) is 7.21. The van der Waals surface area contributed by atoms with E-state index in [0.29, 0.717) is 12.2 Å². The number of primary sulfonamides is 1. The van der Waals surface area contributed by atoms with E-state index in [2.05, 4.69) is 15.2 Å². The Hall–Kier alpha value is -2.12. The average Bonchev–Trinajstić information content (AvgIpc) is 3.07. The third-order valence-corrected chi connectivity index (χ3v) is 4.81. The molecule has 1 aliphatic rings. The van der Waals surface area contributed by atoms with Crippen molar-refractivity contribution in [1.82, 2.24) is 4.98 Å². The zero-order valence-corrected chi connectivity index (χ0v) is 13.6. The Labute approximate surface area is 136 Å². The van der Waals surface area contributed by atoms with Gasteiger partial charge in [0.15, 0.2) is 0 Å². The van der Waals surface area contributed by atoms with Crippen LogP contribution in [0, 0.1) is 0 Å². The number of aromatic nitrogens is 1. The number of anilines is 2. The van der Waals surface area contributed by atoms with Crippen molar-refractivity contribution in [2.45, 2.75) is 24.3 Å². The predicted molar refractivity (Wildman–Crippen MR) is 90.8 cm³/mol. The Morgan fingerprint density at radius 3 is 2.61 bits per heavy atom. The van der Waals surface area contributed by atoms with Crippen molar-refractivity contribution in [3.05, 3.63) is 48.2 Å². The molecule has 2 aromatic rings. The number of pyridine rings is 1.